The molecule has 0 spiro atoms. The number of rotatable bonds is 9. The molecule has 3 aromatic rings. The van der Waals surface area contributed by atoms with Gasteiger partial charge in [-0.2, -0.15) is 4.98 Å². The van der Waals surface area contributed by atoms with Crippen molar-refractivity contribution in [3.05, 3.63) is 66.9 Å². The van der Waals surface area contributed by atoms with Crippen LogP contribution in [-0.2, 0) is 11.2 Å². The Hall–Kier alpha value is -3.22. The van der Waals surface area contributed by atoms with Crippen molar-refractivity contribution in [1.29, 1.82) is 0 Å². The van der Waals surface area contributed by atoms with E-state index in [4.69, 9.17) is 4.98 Å². The molecule has 1 aromatic carbocycles. The van der Waals surface area contributed by atoms with Gasteiger partial charge in [0.1, 0.15) is 12.1 Å². The molecule has 4 rings (SSSR count). The van der Waals surface area contributed by atoms with Gasteiger partial charge in [-0.25, -0.2) is 9.97 Å². The third-order valence-corrected chi connectivity index (χ3v) is 5.76. The summed E-state index contributed by atoms with van der Waals surface area (Å²) in [7, 11) is 0. The van der Waals surface area contributed by atoms with Crippen molar-refractivity contribution >= 4 is 11.7 Å². The van der Waals surface area contributed by atoms with Crippen LogP contribution in [0.2, 0.25) is 0 Å². The summed E-state index contributed by atoms with van der Waals surface area (Å²) in [4.78, 5) is 28.0. The van der Waals surface area contributed by atoms with E-state index in [1.807, 2.05) is 18.3 Å². The molecule has 7 nitrogen and oxygen atoms in total. The largest absolute Gasteiger partial charge is 0.356 e. The highest BCUT2D eigenvalue weighted by atomic mass is 16.1. The Morgan fingerprint density at radius 3 is 2.84 bits per heavy atom. The first kappa shape index (κ1) is 21.0. The van der Waals surface area contributed by atoms with E-state index in [-0.39, 0.29) is 11.9 Å². The van der Waals surface area contributed by atoms with Crippen molar-refractivity contribution in [3.63, 3.8) is 0 Å². The SMILES string of the molecule is O=C(CC1CCCCN1c1ccnc(-n2ccnc2)n1)NCCCCc1ccccc1. The molecular formula is C24H30N6O. The zero-order valence-electron chi connectivity index (χ0n) is 17.9. The summed E-state index contributed by atoms with van der Waals surface area (Å²) in [5.41, 5.74) is 1.35. The van der Waals surface area contributed by atoms with E-state index in [0.29, 0.717) is 12.4 Å². The standard InChI is InChI=1S/C24H30N6O/c31-23(26-13-6-4-10-20-8-2-1-3-9-20)18-21-11-5-7-16-30(21)22-12-14-27-24(28-22)29-17-15-25-19-29/h1-3,8-9,12,14-15,17,19,21H,4-7,10-11,13,16,18H2,(H,26,31). The predicted octanol–water partition coefficient (Wildman–Crippen LogP) is 3.55. The van der Waals surface area contributed by atoms with Crippen LogP contribution >= 0.6 is 0 Å². The minimum Gasteiger partial charge on any atom is -0.356 e. The summed E-state index contributed by atoms with van der Waals surface area (Å²) >= 11 is 0. The number of amides is 1. The van der Waals surface area contributed by atoms with E-state index in [0.717, 1.165) is 57.4 Å². The fourth-order valence-electron chi connectivity index (χ4n) is 4.13. The quantitative estimate of drug-likeness (QED) is 0.538. The van der Waals surface area contributed by atoms with Gasteiger partial charge in [0.25, 0.3) is 0 Å². The van der Waals surface area contributed by atoms with Crippen molar-refractivity contribution in [2.75, 3.05) is 18.0 Å². The summed E-state index contributed by atoms with van der Waals surface area (Å²) in [6, 6.07) is 12.6. The first-order chi connectivity index (χ1) is 15.3. The minimum atomic E-state index is 0.125. The molecule has 1 saturated heterocycles. The average molecular weight is 419 g/mol. The summed E-state index contributed by atoms with van der Waals surface area (Å²) in [5, 5.41) is 3.11. The van der Waals surface area contributed by atoms with Gasteiger partial charge in [-0.15, -0.1) is 0 Å². The lowest BCUT2D eigenvalue weighted by Gasteiger charge is -2.36. The molecule has 1 fully saturated rings. The molecule has 1 N–H and O–H groups in total. The van der Waals surface area contributed by atoms with Crippen LogP contribution in [0, 0.1) is 0 Å². The number of carbonyl (C=O) groups is 1. The van der Waals surface area contributed by atoms with Gasteiger partial charge in [0.15, 0.2) is 0 Å². The van der Waals surface area contributed by atoms with Crippen LogP contribution in [0.4, 0.5) is 5.82 Å². The fraction of sp³-hybridized carbons (Fsp3) is 0.417. The summed E-state index contributed by atoms with van der Waals surface area (Å²) in [6.07, 6.45) is 13.9. The van der Waals surface area contributed by atoms with E-state index in [9.17, 15) is 4.79 Å². The van der Waals surface area contributed by atoms with Gasteiger partial charge in [0.05, 0.1) is 0 Å². The highest BCUT2D eigenvalue weighted by Crippen LogP contribution is 2.25. The number of benzene rings is 1. The number of aromatic nitrogens is 4. The number of hydrogen-bond acceptors (Lipinski definition) is 5. The van der Waals surface area contributed by atoms with Gasteiger partial charge in [0.2, 0.25) is 11.9 Å². The van der Waals surface area contributed by atoms with Crippen LogP contribution in [-0.4, -0.2) is 44.6 Å². The summed E-state index contributed by atoms with van der Waals surface area (Å²) in [6.45, 7) is 1.64. The minimum absolute atomic E-state index is 0.125. The number of anilines is 1. The molecule has 1 amide bonds. The molecule has 1 aliphatic rings. The zero-order chi connectivity index (χ0) is 21.3. The second-order valence-corrected chi connectivity index (χ2v) is 8.02. The normalized spacial score (nSPS) is 16.3. The Labute approximate surface area is 183 Å². The molecule has 0 aliphatic carbocycles. The van der Waals surface area contributed by atoms with Crippen LogP contribution in [0.3, 0.4) is 0 Å². The number of nitrogens with zero attached hydrogens (tertiary/aromatic N) is 5. The monoisotopic (exact) mass is 418 g/mol. The highest BCUT2D eigenvalue weighted by molar-refractivity contribution is 5.77. The molecule has 7 heteroatoms. The molecule has 162 valence electrons. The van der Waals surface area contributed by atoms with Crippen molar-refractivity contribution in [3.8, 4) is 5.95 Å². The third-order valence-electron chi connectivity index (χ3n) is 5.76. The second-order valence-electron chi connectivity index (χ2n) is 8.02. The smallest absolute Gasteiger partial charge is 0.236 e. The van der Waals surface area contributed by atoms with Crippen LogP contribution in [0.15, 0.2) is 61.3 Å². The number of unbranched alkanes of at least 4 members (excludes halogenated alkanes) is 1. The average Bonchev–Trinajstić information content (AvgIpc) is 3.35. The van der Waals surface area contributed by atoms with Gasteiger partial charge in [-0.1, -0.05) is 30.3 Å². The van der Waals surface area contributed by atoms with Crippen molar-refractivity contribution in [2.45, 2.75) is 51.0 Å². The van der Waals surface area contributed by atoms with E-state index in [2.05, 4.69) is 44.5 Å². The molecule has 1 unspecified atom stereocenters. The van der Waals surface area contributed by atoms with Gasteiger partial charge in [-0.05, 0) is 50.2 Å². The topological polar surface area (TPSA) is 75.9 Å². The van der Waals surface area contributed by atoms with E-state index < -0.39 is 0 Å². The van der Waals surface area contributed by atoms with Crippen LogP contribution in [0.1, 0.15) is 44.1 Å². The van der Waals surface area contributed by atoms with Crippen molar-refractivity contribution < 1.29 is 4.79 Å². The molecule has 1 aliphatic heterocycles. The summed E-state index contributed by atoms with van der Waals surface area (Å²) < 4.78 is 1.80. The Balaban J connectivity index is 1.28. The maximum Gasteiger partial charge on any atom is 0.236 e. The lowest BCUT2D eigenvalue weighted by atomic mass is 9.99. The highest BCUT2D eigenvalue weighted by Gasteiger charge is 2.26. The Morgan fingerprint density at radius 2 is 2.00 bits per heavy atom. The van der Waals surface area contributed by atoms with Gasteiger partial charge < -0.3 is 10.2 Å². The number of aryl methyl sites for hydroxylation is 1. The van der Waals surface area contributed by atoms with E-state index in [1.165, 1.54) is 5.56 Å². The lowest BCUT2D eigenvalue weighted by molar-refractivity contribution is -0.121. The number of piperidine rings is 1. The Bertz CT molecular complexity index is 944. The second kappa shape index (κ2) is 10.7. The zero-order valence-corrected chi connectivity index (χ0v) is 17.9. The molecule has 3 heterocycles. The number of nitrogens with one attached hydrogen (secondary N) is 1. The molecule has 0 radical (unpaired) electrons. The number of imidazole rings is 1. The van der Waals surface area contributed by atoms with Crippen molar-refractivity contribution in [1.82, 2.24) is 24.8 Å². The summed E-state index contributed by atoms with van der Waals surface area (Å²) in [5.74, 6) is 1.60. The maximum atomic E-state index is 12.6. The molecule has 1 atom stereocenters. The first-order valence-corrected chi connectivity index (χ1v) is 11.2. The third kappa shape index (κ3) is 5.90. The molecular weight excluding hydrogens is 388 g/mol. The van der Waals surface area contributed by atoms with Crippen molar-refractivity contribution in [2.24, 2.45) is 0 Å². The molecule has 0 saturated carbocycles. The van der Waals surface area contributed by atoms with Crippen LogP contribution in [0.5, 0.6) is 0 Å². The molecule has 2 aromatic heterocycles. The van der Waals surface area contributed by atoms with Gasteiger partial charge in [0, 0.05) is 44.1 Å². The molecule has 0 bridgehead atoms. The van der Waals surface area contributed by atoms with Gasteiger partial charge >= 0.3 is 0 Å². The van der Waals surface area contributed by atoms with Crippen LogP contribution in [0.25, 0.3) is 5.95 Å². The van der Waals surface area contributed by atoms with Gasteiger partial charge in [-0.3, -0.25) is 9.36 Å². The Morgan fingerprint density at radius 1 is 1.10 bits per heavy atom. The van der Waals surface area contributed by atoms with E-state index in [1.54, 1.807) is 23.3 Å². The Kier molecular flexibility index (Phi) is 7.26. The number of hydrogen-bond donors (Lipinski definition) is 1. The number of carbonyl (C=O) groups excluding carboxylic acids is 1. The lowest BCUT2D eigenvalue weighted by Crippen LogP contribution is -2.43. The maximum absolute atomic E-state index is 12.6. The molecule has 31 heavy (non-hydrogen) atoms. The van der Waals surface area contributed by atoms with Crippen LogP contribution < -0.4 is 10.2 Å². The predicted molar refractivity (Wildman–Crippen MR) is 121 cm³/mol. The fourth-order valence-corrected chi connectivity index (χ4v) is 4.13. The van der Waals surface area contributed by atoms with E-state index >= 15 is 0 Å². The first-order valence-electron chi connectivity index (χ1n) is 11.2.